The zero-order valence-corrected chi connectivity index (χ0v) is 18.9. The standard InChI is InChI=1S/C24H24N6O4/c1-16-4-3-5-20(30-26-8-9-27-30)22(16)24(31)29-10-11-33-14-18(29)12-17-6-7-21(32-2)19(13-17)23-25-15-34-28-23/h3-9,13,15,18H,10-12,14H2,1-2H3. The number of morpholine rings is 1. The number of aryl methyl sites for hydroxylation is 1. The van der Waals surface area contributed by atoms with E-state index in [0.717, 1.165) is 16.7 Å². The molecule has 1 amide bonds. The van der Waals surface area contributed by atoms with E-state index in [0.29, 0.717) is 49.0 Å². The van der Waals surface area contributed by atoms with Crippen molar-refractivity contribution in [2.45, 2.75) is 19.4 Å². The van der Waals surface area contributed by atoms with E-state index >= 15 is 0 Å². The number of carbonyl (C=O) groups excluding carboxylic acids is 1. The molecule has 5 rings (SSSR count). The van der Waals surface area contributed by atoms with Crippen molar-refractivity contribution in [3.05, 3.63) is 71.9 Å². The van der Waals surface area contributed by atoms with Gasteiger partial charge in [0.1, 0.15) is 5.75 Å². The molecule has 0 spiro atoms. The Kier molecular flexibility index (Phi) is 6.05. The second-order valence-corrected chi connectivity index (χ2v) is 8.01. The van der Waals surface area contributed by atoms with E-state index in [1.807, 2.05) is 48.2 Å². The fourth-order valence-electron chi connectivity index (χ4n) is 4.29. The second-order valence-electron chi connectivity index (χ2n) is 8.01. The molecular formula is C24H24N6O4. The molecule has 34 heavy (non-hydrogen) atoms. The SMILES string of the molecule is COc1ccc(CC2COCCN2C(=O)c2c(C)cccc2-n2nccn2)cc1-c1ncon1. The van der Waals surface area contributed by atoms with Gasteiger partial charge in [-0.2, -0.15) is 20.0 Å². The summed E-state index contributed by atoms with van der Waals surface area (Å²) in [5.74, 6) is 1.03. The summed E-state index contributed by atoms with van der Waals surface area (Å²) < 4.78 is 16.1. The van der Waals surface area contributed by atoms with Gasteiger partial charge < -0.3 is 18.9 Å². The molecular weight excluding hydrogens is 436 g/mol. The van der Waals surface area contributed by atoms with Crippen molar-refractivity contribution in [3.8, 4) is 22.8 Å². The lowest BCUT2D eigenvalue weighted by Gasteiger charge is -2.36. The molecule has 0 saturated carbocycles. The summed E-state index contributed by atoms with van der Waals surface area (Å²) in [5, 5.41) is 12.4. The zero-order valence-electron chi connectivity index (χ0n) is 18.9. The van der Waals surface area contributed by atoms with Crippen LogP contribution in [0.5, 0.6) is 5.75 Å². The van der Waals surface area contributed by atoms with E-state index in [4.69, 9.17) is 14.0 Å². The molecule has 1 unspecified atom stereocenters. The third kappa shape index (κ3) is 4.15. The molecule has 1 aliphatic heterocycles. The Labute approximate surface area is 196 Å². The van der Waals surface area contributed by atoms with Crippen molar-refractivity contribution in [2.75, 3.05) is 26.9 Å². The van der Waals surface area contributed by atoms with Gasteiger partial charge >= 0.3 is 0 Å². The van der Waals surface area contributed by atoms with Crippen LogP contribution in [0.2, 0.25) is 0 Å². The summed E-state index contributed by atoms with van der Waals surface area (Å²) in [6.45, 7) is 3.35. The monoisotopic (exact) mass is 460 g/mol. The molecule has 1 aliphatic rings. The van der Waals surface area contributed by atoms with E-state index < -0.39 is 0 Å². The first-order valence-electron chi connectivity index (χ1n) is 10.9. The van der Waals surface area contributed by atoms with E-state index in [9.17, 15) is 4.79 Å². The van der Waals surface area contributed by atoms with Gasteiger partial charge in [-0.05, 0) is 42.7 Å². The highest BCUT2D eigenvalue weighted by Gasteiger charge is 2.31. The number of hydrogen-bond acceptors (Lipinski definition) is 8. The minimum atomic E-state index is -0.147. The largest absolute Gasteiger partial charge is 0.496 e. The van der Waals surface area contributed by atoms with Gasteiger partial charge in [0.2, 0.25) is 12.2 Å². The van der Waals surface area contributed by atoms with Crippen LogP contribution >= 0.6 is 0 Å². The number of benzene rings is 2. The molecule has 174 valence electrons. The molecule has 10 heteroatoms. The van der Waals surface area contributed by atoms with Crippen LogP contribution in [-0.2, 0) is 11.2 Å². The van der Waals surface area contributed by atoms with Crippen LogP contribution in [0.15, 0.2) is 59.7 Å². The lowest BCUT2D eigenvalue weighted by atomic mass is 9.99. The van der Waals surface area contributed by atoms with Gasteiger partial charge in [-0.1, -0.05) is 23.4 Å². The number of nitrogens with zero attached hydrogens (tertiary/aromatic N) is 6. The maximum absolute atomic E-state index is 13.8. The van der Waals surface area contributed by atoms with Crippen LogP contribution in [0.1, 0.15) is 21.5 Å². The first-order chi connectivity index (χ1) is 16.7. The van der Waals surface area contributed by atoms with Crippen molar-refractivity contribution >= 4 is 5.91 Å². The van der Waals surface area contributed by atoms with Gasteiger partial charge in [-0.25, -0.2) is 0 Å². The van der Waals surface area contributed by atoms with Crippen molar-refractivity contribution < 1.29 is 18.8 Å². The number of rotatable bonds is 6. The van der Waals surface area contributed by atoms with Crippen LogP contribution < -0.4 is 4.74 Å². The van der Waals surface area contributed by atoms with E-state index in [2.05, 4.69) is 20.3 Å². The first kappa shape index (κ1) is 21.8. The predicted octanol–water partition coefficient (Wildman–Crippen LogP) is 2.72. The van der Waals surface area contributed by atoms with Gasteiger partial charge in [-0.15, -0.1) is 0 Å². The molecule has 1 saturated heterocycles. The van der Waals surface area contributed by atoms with Crippen molar-refractivity contribution in [2.24, 2.45) is 0 Å². The Morgan fingerprint density at radius 2 is 2.06 bits per heavy atom. The average molecular weight is 460 g/mol. The lowest BCUT2D eigenvalue weighted by Crippen LogP contribution is -2.50. The second kappa shape index (κ2) is 9.44. The Bertz CT molecular complexity index is 1270. The van der Waals surface area contributed by atoms with Crippen LogP contribution in [0.3, 0.4) is 0 Å². The molecule has 0 radical (unpaired) electrons. The van der Waals surface area contributed by atoms with Gasteiger partial charge in [-0.3, -0.25) is 4.79 Å². The summed E-state index contributed by atoms with van der Waals surface area (Å²) in [4.78, 5) is 21.4. The summed E-state index contributed by atoms with van der Waals surface area (Å²) in [6, 6.07) is 11.4. The topological polar surface area (TPSA) is 108 Å². The maximum Gasteiger partial charge on any atom is 0.256 e. The Morgan fingerprint density at radius 3 is 2.82 bits per heavy atom. The fourth-order valence-corrected chi connectivity index (χ4v) is 4.29. The molecule has 0 bridgehead atoms. The quantitative estimate of drug-likeness (QED) is 0.432. The minimum Gasteiger partial charge on any atom is -0.496 e. The number of amides is 1. The summed E-state index contributed by atoms with van der Waals surface area (Å²) in [6.07, 6.45) is 5.07. The molecule has 1 atom stereocenters. The number of methoxy groups -OCH3 is 1. The van der Waals surface area contributed by atoms with Gasteiger partial charge in [0.05, 0.1) is 55.6 Å². The molecule has 2 aromatic carbocycles. The number of ether oxygens (including phenoxy) is 2. The highest BCUT2D eigenvalue weighted by atomic mass is 16.5. The van der Waals surface area contributed by atoms with Gasteiger partial charge in [0, 0.05) is 6.54 Å². The van der Waals surface area contributed by atoms with Gasteiger partial charge in [0.15, 0.2) is 0 Å². The van der Waals surface area contributed by atoms with Crippen molar-refractivity contribution in [3.63, 3.8) is 0 Å². The van der Waals surface area contributed by atoms with E-state index in [1.54, 1.807) is 19.5 Å². The van der Waals surface area contributed by atoms with Crippen LogP contribution in [0.25, 0.3) is 17.1 Å². The molecule has 10 nitrogen and oxygen atoms in total. The van der Waals surface area contributed by atoms with Crippen LogP contribution in [0, 0.1) is 6.92 Å². The zero-order chi connectivity index (χ0) is 23.5. The molecule has 3 heterocycles. The number of carbonyl (C=O) groups is 1. The van der Waals surface area contributed by atoms with Crippen molar-refractivity contribution in [1.29, 1.82) is 0 Å². The summed E-state index contributed by atoms with van der Waals surface area (Å²) in [7, 11) is 1.60. The summed E-state index contributed by atoms with van der Waals surface area (Å²) >= 11 is 0. The van der Waals surface area contributed by atoms with E-state index in [1.165, 1.54) is 11.2 Å². The highest BCUT2D eigenvalue weighted by Crippen LogP contribution is 2.30. The summed E-state index contributed by atoms with van der Waals surface area (Å²) in [5.41, 5.74) is 3.85. The normalized spacial score (nSPS) is 15.9. The lowest BCUT2D eigenvalue weighted by molar-refractivity contribution is -0.00169. The third-order valence-electron chi connectivity index (χ3n) is 5.92. The highest BCUT2D eigenvalue weighted by molar-refractivity contribution is 5.99. The Morgan fingerprint density at radius 1 is 1.21 bits per heavy atom. The minimum absolute atomic E-state index is 0.0643. The van der Waals surface area contributed by atoms with E-state index in [-0.39, 0.29) is 11.9 Å². The average Bonchev–Trinajstić information content (AvgIpc) is 3.59. The smallest absolute Gasteiger partial charge is 0.256 e. The first-order valence-corrected chi connectivity index (χ1v) is 10.9. The maximum atomic E-state index is 13.8. The van der Waals surface area contributed by atoms with Crippen molar-refractivity contribution in [1.82, 2.24) is 30.0 Å². The number of aromatic nitrogens is 5. The van der Waals surface area contributed by atoms with Crippen LogP contribution in [-0.4, -0.2) is 68.9 Å². The molecule has 2 aromatic heterocycles. The molecule has 4 aromatic rings. The predicted molar refractivity (Wildman–Crippen MR) is 122 cm³/mol. The fraction of sp³-hybridized carbons (Fsp3) is 0.292. The Hall–Kier alpha value is -4.05. The Balaban J connectivity index is 1.46. The third-order valence-corrected chi connectivity index (χ3v) is 5.92. The molecule has 0 N–H and O–H groups in total. The molecule has 1 fully saturated rings. The number of hydrogen-bond donors (Lipinski definition) is 0. The van der Waals surface area contributed by atoms with Crippen LogP contribution in [0.4, 0.5) is 0 Å². The molecule has 0 aliphatic carbocycles. The van der Waals surface area contributed by atoms with Gasteiger partial charge in [0.25, 0.3) is 5.91 Å².